The van der Waals surface area contributed by atoms with Crippen LogP contribution >= 0.6 is 0 Å². The van der Waals surface area contributed by atoms with Crippen LogP contribution in [0.5, 0.6) is 0 Å². The van der Waals surface area contributed by atoms with E-state index in [4.69, 9.17) is 14.6 Å². The molecule has 4 heteroatoms. The van der Waals surface area contributed by atoms with Crippen molar-refractivity contribution in [1.82, 2.24) is 0 Å². The maximum absolute atomic E-state index is 10.6. The van der Waals surface area contributed by atoms with Gasteiger partial charge in [-0.05, 0) is 0 Å². The summed E-state index contributed by atoms with van der Waals surface area (Å²) in [7, 11) is 0. The molecule has 0 bridgehead atoms. The molecule has 0 aromatic rings. The summed E-state index contributed by atoms with van der Waals surface area (Å²) in [6, 6.07) is 0. The van der Waals surface area contributed by atoms with Crippen LogP contribution in [0.1, 0.15) is 6.42 Å². The Balaban J connectivity index is 2.16. The first-order valence-electron chi connectivity index (χ1n) is 3.29. The minimum atomic E-state index is -1.05. The molecule has 4 nitrogen and oxygen atoms in total. The molecule has 0 saturated carbocycles. The van der Waals surface area contributed by atoms with Crippen LogP contribution in [0.4, 0.5) is 0 Å². The maximum atomic E-state index is 10.6. The Morgan fingerprint density at radius 2 is 2.40 bits per heavy atom. The number of carbonyl (C=O) groups is 1. The van der Waals surface area contributed by atoms with Gasteiger partial charge in [0, 0.05) is 6.42 Å². The highest BCUT2D eigenvalue weighted by Gasteiger charge is 2.47. The zero-order valence-corrected chi connectivity index (χ0v) is 5.32. The lowest BCUT2D eigenvalue weighted by molar-refractivity contribution is -0.148. The van der Waals surface area contributed by atoms with E-state index in [9.17, 15) is 4.79 Å². The number of ether oxygens (including phenoxy) is 2. The second-order valence-corrected chi connectivity index (χ2v) is 2.54. The predicted octanol–water partition coefficient (Wildman–Crippen LogP) is -0.938. The molecule has 10 heavy (non-hydrogen) atoms. The van der Waals surface area contributed by atoms with Crippen molar-refractivity contribution in [1.29, 1.82) is 0 Å². The molecular formula is C6H8O4. The number of carbonyl (C=O) groups excluding carboxylic acids is 1. The number of aliphatic hydroxyl groups is 1. The van der Waals surface area contributed by atoms with E-state index in [1.54, 1.807) is 0 Å². The highest BCUT2D eigenvalue weighted by molar-refractivity contribution is 5.77. The molecule has 0 aromatic carbocycles. The third-order valence-corrected chi connectivity index (χ3v) is 1.90. The van der Waals surface area contributed by atoms with E-state index in [2.05, 4.69) is 0 Å². The van der Waals surface area contributed by atoms with E-state index in [-0.39, 0.29) is 6.10 Å². The predicted molar refractivity (Wildman–Crippen MR) is 30.2 cm³/mol. The molecule has 0 aliphatic carbocycles. The lowest BCUT2D eigenvalue weighted by atomic mass is 10.1. The van der Waals surface area contributed by atoms with Crippen molar-refractivity contribution in [3.05, 3.63) is 0 Å². The van der Waals surface area contributed by atoms with Gasteiger partial charge in [0.1, 0.15) is 12.2 Å². The minimum Gasteiger partial charge on any atom is -0.457 e. The van der Waals surface area contributed by atoms with Gasteiger partial charge in [0.05, 0.1) is 6.61 Å². The van der Waals surface area contributed by atoms with Gasteiger partial charge >= 0.3 is 5.97 Å². The summed E-state index contributed by atoms with van der Waals surface area (Å²) < 4.78 is 9.85. The maximum Gasteiger partial charge on any atom is 0.338 e. The molecule has 1 unspecified atom stereocenters. The normalized spacial score (nSPS) is 45.3. The standard InChI is InChI=1S/C6H8O4/c7-4-5-3(1-2-9-5)10-6(4)8/h3-5,7H,1-2H2/t3?,4-,5-/m0/s1. The largest absolute Gasteiger partial charge is 0.457 e. The van der Waals surface area contributed by atoms with Crippen molar-refractivity contribution in [2.75, 3.05) is 6.61 Å². The van der Waals surface area contributed by atoms with E-state index in [0.717, 1.165) is 0 Å². The fourth-order valence-corrected chi connectivity index (χ4v) is 1.37. The fraction of sp³-hybridized carbons (Fsp3) is 0.833. The summed E-state index contributed by atoms with van der Waals surface area (Å²) in [5.41, 5.74) is 0. The van der Waals surface area contributed by atoms with Crippen LogP contribution in [0.15, 0.2) is 0 Å². The molecule has 0 radical (unpaired) electrons. The van der Waals surface area contributed by atoms with Crippen LogP contribution in [0.2, 0.25) is 0 Å². The third kappa shape index (κ3) is 0.660. The van der Waals surface area contributed by atoms with Crippen molar-refractivity contribution in [3.8, 4) is 0 Å². The lowest BCUT2D eigenvalue weighted by Crippen LogP contribution is -2.28. The second kappa shape index (κ2) is 1.93. The van der Waals surface area contributed by atoms with Gasteiger partial charge in [-0.25, -0.2) is 4.79 Å². The molecule has 2 heterocycles. The van der Waals surface area contributed by atoms with E-state index in [0.29, 0.717) is 13.0 Å². The van der Waals surface area contributed by atoms with E-state index in [1.165, 1.54) is 0 Å². The molecule has 2 aliphatic heterocycles. The number of esters is 1. The van der Waals surface area contributed by atoms with Crippen molar-refractivity contribution in [3.63, 3.8) is 0 Å². The SMILES string of the molecule is O=C1OC2CCO[C@@H]2[C@@H]1O. The van der Waals surface area contributed by atoms with Crippen LogP contribution in [0.25, 0.3) is 0 Å². The Bertz CT molecular complexity index is 167. The molecule has 0 aromatic heterocycles. The second-order valence-electron chi connectivity index (χ2n) is 2.54. The van der Waals surface area contributed by atoms with Crippen LogP contribution in [-0.2, 0) is 14.3 Å². The molecule has 3 atom stereocenters. The number of hydrogen-bond donors (Lipinski definition) is 1. The Labute approximate surface area is 57.7 Å². The van der Waals surface area contributed by atoms with Gasteiger partial charge in [0.15, 0.2) is 6.10 Å². The summed E-state index contributed by atoms with van der Waals surface area (Å²) in [6.07, 6.45) is -0.921. The van der Waals surface area contributed by atoms with E-state index < -0.39 is 18.2 Å². The first-order chi connectivity index (χ1) is 4.79. The topological polar surface area (TPSA) is 55.8 Å². The van der Waals surface area contributed by atoms with Gasteiger partial charge in [-0.1, -0.05) is 0 Å². The average molecular weight is 144 g/mol. The van der Waals surface area contributed by atoms with Crippen molar-refractivity contribution >= 4 is 5.97 Å². The molecule has 0 spiro atoms. The van der Waals surface area contributed by atoms with Crippen molar-refractivity contribution < 1.29 is 19.4 Å². The lowest BCUT2D eigenvalue weighted by Gasteiger charge is -2.05. The van der Waals surface area contributed by atoms with Crippen LogP contribution in [0, 0.1) is 0 Å². The number of fused-ring (bicyclic) bond motifs is 1. The van der Waals surface area contributed by atoms with Crippen LogP contribution in [0.3, 0.4) is 0 Å². The van der Waals surface area contributed by atoms with Crippen molar-refractivity contribution in [2.24, 2.45) is 0 Å². The number of hydrogen-bond acceptors (Lipinski definition) is 4. The molecular weight excluding hydrogens is 136 g/mol. The highest BCUT2D eigenvalue weighted by atomic mass is 16.6. The quantitative estimate of drug-likeness (QED) is 0.446. The molecule has 2 fully saturated rings. The monoisotopic (exact) mass is 144 g/mol. The first kappa shape index (κ1) is 6.12. The number of aliphatic hydroxyl groups excluding tert-OH is 1. The zero-order chi connectivity index (χ0) is 7.14. The Kier molecular flexibility index (Phi) is 1.18. The van der Waals surface area contributed by atoms with Gasteiger partial charge < -0.3 is 14.6 Å². The van der Waals surface area contributed by atoms with E-state index in [1.807, 2.05) is 0 Å². The van der Waals surface area contributed by atoms with Crippen LogP contribution in [-0.4, -0.2) is 36.0 Å². The first-order valence-corrected chi connectivity index (χ1v) is 3.29. The fourth-order valence-electron chi connectivity index (χ4n) is 1.37. The highest BCUT2D eigenvalue weighted by Crippen LogP contribution is 2.26. The van der Waals surface area contributed by atoms with Gasteiger partial charge in [-0.15, -0.1) is 0 Å². The molecule has 2 saturated heterocycles. The molecule has 1 N–H and O–H groups in total. The Hall–Kier alpha value is -0.610. The Morgan fingerprint density at radius 3 is 3.10 bits per heavy atom. The van der Waals surface area contributed by atoms with E-state index >= 15 is 0 Å². The molecule has 0 amide bonds. The summed E-state index contributed by atoms with van der Waals surface area (Å²) in [5, 5.41) is 9.07. The summed E-state index contributed by atoms with van der Waals surface area (Å²) in [5.74, 6) is -0.547. The van der Waals surface area contributed by atoms with Crippen molar-refractivity contribution in [2.45, 2.75) is 24.7 Å². The van der Waals surface area contributed by atoms with Gasteiger partial charge in [-0.3, -0.25) is 0 Å². The summed E-state index contributed by atoms with van der Waals surface area (Å²) >= 11 is 0. The Morgan fingerprint density at radius 1 is 1.60 bits per heavy atom. The molecule has 56 valence electrons. The smallest absolute Gasteiger partial charge is 0.338 e. The zero-order valence-electron chi connectivity index (χ0n) is 5.32. The average Bonchev–Trinajstić information content (AvgIpc) is 2.41. The van der Waals surface area contributed by atoms with Gasteiger partial charge in [0.25, 0.3) is 0 Å². The summed E-state index contributed by atoms with van der Waals surface area (Å²) in [4.78, 5) is 10.6. The summed E-state index contributed by atoms with van der Waals surface area (Å²) in [6.45, 7) is 0.583. The van der Waals surface area contributed by atoms with Gasteiger partial charge in [0.2, 0.25) is 0 Å². The third-order valence-electron chi connectivity index (χ3n) is 1.90. The molecule has 2 aliphatic rings. The van der Waals surface area contributed by atoms with Gasteiger partial charge in [-0.2, -0.15) is 0 Å². The minimum absolute atomic E-state index is 0.192. The number of rotatable bonds is 0. The van der Waals surface area contributed by atoms with Crippen LogP contribution < -0.4 is 0 Å². The molecule has 2 rings (SSSR count).